The minimum Gasteiger partial charge on any atom is -0.311 e. The van der Waals surface area contributed by atoms with Gasteiger partial charge in [0.2, 0.25) is 0 Å². The lowest BCUT2D eigenvalue weighted by Gasteiger charge is -2.45. The topological polar surface area (TPSA) is 16.3 Å². The molecule has 2 aliphatic rings. The standard InChI is InChI=1S/C106H91BN4/c1-103(2,3)80-53-77(54-81(64-80)104(4,5)6)72-45-48-92-98(61-72)110(86-57-73(68-31-17-13-18-32-68)51-74(58-86)69-33-19-14-20-34-69)100-62-79(78-55-82(105(7,8)9)65-83(56-78)106(10,11)12)63-101-102(100)107(92)93-49-46-85(67-99(93)111(101)87-59-75(70-35-21-15-22-36-70)52-76(60-87)71-37-23-16-24-38-71)109-96-44-30-27-41-90(96)91-66-84(47-50-97(91)109)108-94-42-28-25-39-88(94)89-40-26-29-43-95(89)108/h13-67H,1-12H3/i27D,30D,41D,44D. The van der Waals surface area contributed by atoms with Gasteiger partial charge in [-0.3, -0.25) is 0 Å². The molecule has 4 heterocycles. The SMILES string of the molecule is [2H]c1c([2H])c([2H])c2c(c1[2H])c1cc(-n3c4ccccc4c4ccccc43)ccc1n2-c1ccc2c(c1)N(c1cc(-c3ccccc3)cc(-c3ccccc3)c1)c1cc(-c3cc(C(C)(C)C)cc(C(C)(C)C)c3)cc3c1B2c1ccc(-c2cc(C(C)(C)C)cc(C(C)(C)C)c2)cc1N3c1cc(-c2ccccc2)cc(-c2ccccc2)c1. The van der Waals surface area contributed by atoms with E-state index < -0.39 is 0 Å². The van der Waals surface area contributed by atoms with E-state index in [4.69, 9.17) is 0 Å². The fraction of sp³-hybridized carbons (Fsp3) is 0.151. The predicted octanol–water partition coefficient (Wildman–Crippen LogP) is 27.2. The van der Waals surface area contributed by atoms with Gasteiger partial charge in [0.15, 0.2) is 0 Å². The maximum Gasteiger partial charge on any atom is 0.252 e. The van der Waals surface area contributed by atoms with Gasteiger partial charge < -0.3 is 18.9 Å². The van der Waals surface area contributed by atoms with E-state index in [1.54, 1.807) is 0 Å². The maximum absolute atomic E-state index is 10.2. The number of benzene rings is 15. The average molecular weight is 1440 g/mol. The Morgan fingerprint density at radius 3 is 1.03 bits per heavy atom. The van der Waals surface area contributed by atoms with Crippen molar-refractivity contribution < 1.29 is 5.48 Å². The Morgan fingerprint density at radius 1 is 0.234 bits per heavy atom. The van der Waals surface area contributed by atoms with Gasteiger partial charge in [-0.05, 0) is 230 Å². The molecule has 0 aliphatic carbocycles. The molecule has 0 spiro atoms. The molecular formula is C106H91BN4. The number of nitrogens with zero attached hydrogens (tertiary/aromatic N) is 4. The van der Waals surface area contributed by atoms with Crippen LogP contribution in [0.3, 0.4) is 0 Å². The lowest BCUT2D eigenvalue weighted by Crippen LogP contribution is -2.61. The van der Waals surface area contributed by atoms with Crippen LogP contribution in [0.25, 0.3) is 122 Å². The summed E-state index contributed by atoms with van der Waals surface area (Å²) in [6.45, 7) is 27.5. The van der Waals surface area contributed by atoms with Crippen molar-refractivity contribution in [2.24, 2.45) is 0 Å². The highest BCUT2D eigenvalue weighted by atomic mass is 15.2. The molecule has 0 radical (unpaired) electrons. The highest BCUT2D eigenvalue weighted by molar-refractivity contribution is 7.00. The van der Waals surface area contributed by atoms with Gasteiger partial charge in [-0.15, -0.1) is 0 Å². The predicted molar refractivity (Wildman–Crippen MR) is 477 cm³/mol. The fourth-order valence-electron chi connectivity index (χ4n) is 17.3. The molecule has 15 aromatic carbocycles. The number of fused-ring (bicyclic) bond motifs is 10. The first-order valence-corrected chi connectivity index (χ1v) is 39.1. The van der Waals surface area contributed by atoms with Gasteiger partial charge in [0, 0.05) is 67.0 Å². The number of para-hydroxylation sites is 3. The molecule has 0 unspecified atom stereocenters. The van der Waals surface area contributed by atoms with E-state index >= 15 is 0 Å². The van der Waals surface area contributed by atoms with Crippen LogP contribution in [-0.2, 0) is 21.7 Å². The lowest BCUT2D eigenvalue weighted by molar-refractivity contribution is 0.568. The molecule has 538 valence electrons. The first kappa shape index (κ1) is 64.5. The highest BCUT2D eigenvalue weighted by Crippen LogP contribution is 2.52. The van der Waals surface area contributed by atoms with Crippen LogP contribution in [0.4, 0.5) is 34.1 Å². The summed E-state index contributed by atoms with van der Waals surface area (Å²) in [5, 5.41) is 3.44. The summed E-state index contributed by atoms with van der Waals surface area (Å²) in [7, 11) is 0. The summed E-state index contributed by atoms with van der Waals surface area (Å²) in [5.41, 5.74) is 31.9. The summed E-state index contributed by atoms with van der Waals surface area (Å²) < 4.78 is 43.5. The fourth-order valence-corrected chi connectivity index (χ4v) is 17.3. The molecule has 0 amide bonds. The number of anilines is 6. The highest BCUT2D eigenvalue weighted by Gasteiger charge is 2.45. The van der Waals surface area contributed by atoms with E-state index in [1.807, 2.05) is 0 Å². The zero-order chi connectivity index (χ0) is 79.5. The van der Waals surface area contributed by atoms with Crippen molar-refractivity contribution in [2.75, 3.05) is 9.80 Å². The van der Waals surface area contributed by atoms with E-state index in [0.717, 1.165) is 161 Å². The van der Waals surface area contributed by atoms with Gasteiger partial charge in [0.25, 0.3) is 6.71 Å². The molecule has 5 heteroatoms. The van der Waals surface area contributed by atoms with Crippen molar-refractivity contribution in [3.63, 3.8) is 0 Å². The van der Waals surface area contributed by atoms with Gasteiger partial charge in [0.05, 0.1) is 27.5 Å². The third kappa shape index (κ3) is 12.1. The van der Waals surface area contributed by atoms with E-state index in [-0.39, 0.29) is 52.5 Å². The Kier molecular flexibility index (Phi) is 15.2. The number of hydrogen-bond donors (Lipinski definition) is 0. The molecule has 0 N–H and O–H groups in total. The molecule has 0 saturated carbocycles. The van der Waals surface area contributed by atoms with Crippen LogP contribution in [-0.4, -0.2) is 15.8 Å². The van der Waals surface area contributed by atoms with E-state index in [0.29, 0.717) is 10.9 Å². The minimum atomic E-state index is -0.363. The first-order chi connectivity index (χ1) is 55.2. The van der Waals surface area contributed by atoms with Gasteiger partial charge in [-0.2, -0.15) is 0 Å². The quantitative estimate of drug-likeness (QED) is 0.127. The van der Waals surface area contributed by atoms with Crippen molar-refractivity contribution in [3.05, 3.63) is 356 Å². The zero-order valence-electron chi connectivity index (χ0n) is 69.3. The Morgan fingerprint density at radius 2 is 0.577 bits per heavy atom. The summed E-state index contributed by atoms with van der Waals surface area (Å²) >= 11 is 0. The largest absolute Gasteiger partial charge is 0.311 e. The molecule has 0 bridgehead atoms. The van der Waals surface area contributed by atoms with E-state index in [1.165, 1.54) is 22.3 Å². The molecule has 2 aliphatic heterocycles. The van der Waals surface area contributed by atoms with Gasteiger partial charge in [-0.1, -0.05) is 314 Å². The summed E-state index contributed by atoms with van der Waals surface area (Å²) in [4.78, 5) is 5.15. The molecule has 0 saturated heterocycles. The number of hydrogen-bond acceptors (Lipinski definition) is 2. The normalized spacial score (nSPS) is 13.5. The van der Waals surface area contributed by atoms with Crippen LogP contribution < -0.4 is 26.2 Å². The van der Waals surface area contributed by atoms with E-state index in [2.05, 4.69) is 411 Å². The molecule has 0 fully saturated rings. The number of aromatic nitrogens is 2. The molecular weight excluding hydrogens is 1340 g/mol. The third-order valence-electron chi connectivity index (χ3n) is 23.3. The van der Waals surface area contributed by atoms with Crippen LogP contribution in [0.15, 0.2) is 334 Å². The van der Waals surface area contributed by atoms with Crippen LogP contribution >= 0.6 is 0 Å². The van der Waals surface area contributed by atoms with Crippen LogP contribution in [0.1, 0.15) is 111 Å². The molecule has 111 heavy (non-hydrogen) atoms. The summed E-state index contributed by atoms with van der Waals surface area (Å²) in [6.07, 6.45) is 0. The van der Waals surface area contributed by atoms with Crippen LogP contribution in [0.2, 0.25) is 0 Å². The maximum atomic E-state index is 10.2. The lowest BCUT2D eigenvalue weighted by atomic mass is 9.33. The Bertz CT molecular complexity index is 6580. The Labute approximate surface area is 659 Å². The van der Waals surface area contributed by atoms with Crippen molar-refractivity contribution in [3.8, 4) is 78.1 Å². The molecule has 4 nitrogen and oxygen atoms in total. The zero-order valence-corrected chi connectivity index (χ0v) is 65.3. The molecule has 2 aromatic heterocycles. The summed E-state index contributed by atoms with van der Waals surface area (Å²) in [5.74, 6) is 0. The van der Waals surface area contributed by atoms with Crippen molar-refractivity contribution in [1.82, 2.24) is 9.13 Å². The number of rotatable bonds is 10. The first-order valence-electron chi connectivity index (χ1n) is 41.1. The second kappa shape index (κ2) is 26.1. The van der Waals surface area contributed by atoms with Crippen molar-refractivity contribution in [2.45, 2.75) is 105 Å². The van der Waals surface area contributed by atoms with E-state index in [9.17, 15) is 5.48 Å². The second-order valence-electron chi connectivity index (χ2n) is 34.8. The smallest absolute Gasteiger partial charge is 0.252 e. The second-order valence-corrected chi connectivity index (χ2v) is 34.8. The van der Waals surface area contributed by atoms with Crippen molar-refractivity contribution in [1.29, 1.82) is 0 Å². The molecule has 0 atom stereocenters. The molecule has 17 aromatic rings. The van der Waals surface area contributed by atoms with Gasteiger partial charge in [0.1, 0.15) is 0 Å². The summed E-state index contributed by atoms with van der Waals surface area (Å²) in [6, 6.07) is 114. The average Bonchev–Trinajstić information content (AvgIpc) is 1.05. The Hall–Kier alpha value is -12.4. The van der Waals surface area contributed by atoms with Crippen LogP contribution in [0, 0.1) is 0 Å². The third-order valence-corrected chi connectivity index (χ3v) is 23.3. The van der Waals surface area contributed by atoms with Gasteiger partial charge in [-0.25, -0.2) is 0 Å². The van der Waals surface area contributed by atoms with Crippen LogP contribution in [0.5, 0.6) is 0 Å². The Balaban J connectivity index is 0.966. The molecule has 19 rings (SSSR count). The van der Waals surface area contributed by atoms with Crippen molar-refractivity contribution >= 4 is 101 Å². The van der Waals surface area contributed by atoms with Gasteiger partial charge >= 0.3 is 0 Å². The monoisotopic (exact) mass is 1430 g/mol. The minimum absolute atomic E-state index is 0.0864.